The summed E-state index contributed by atoms with van der Waals surface area (Å²) in [4.78, 5) is 12.4. The van der Waals surface area contributed by atoms with Crippen LogP contribution in [-0.4, -0.2) is 33.3 Å². The number of carbonyl (C=O) groups excluding carboxylic acids is 1. The zero-order valence-corrected chi connectivity index (χ0v) is 15.6. The van der Waals surface area contributed by atoms with E-state index in [-0.39, 0.29) is 11.9 Å². The highest BCUT2D eigenvalue weighted by Gasteiger charge is 2.20. The molecule has 2 rings (SSSR count). The fraction of sp³-hybridized carbons (Fsp3) is 0.350. The van der Waals surface area contributed by atoms with Crippen molar-refractivity contribution in [1.82, 2.24) is 5.32 Å². The number of amides is 1. The first-order chi connectivity index (χ1) is 12.5. The van der Waals surface area contributed by atoms with Gasteiger partial charge in [-0.3, -0.25) is 4.79 Å². The average molecular weight is 358 g/mol. The van der Waals surface area contributed by atoms with Crippen LogP contribution < -0.4 is 25.3 Å². The Balaban J connectivity index is 2.11. The highest BCUT2D eigenvalue weighted by molar-refractivity contribution is 5.82. The predicted octanol–water partition coefficient (Wildman–Crippen LogP) is 2.46. The molecule has 0 aromatic heterocycles. The van der Waals surface area contributed by atoms with Gasteiger partial charge in [-0.05, 0) is 36.6 Å². The zero-order valence-electron chi connectivity index (χ0n) is 15.6. The van der Waals surface area contributed by atoms with Gasteiger partial charge < -0.3 is 25.3 Å². The third-order valence-electron chi connectivity index (χ3n) is 4.18. The molecule has 0 spiro atoms. The highest BCUT2D eigenvalue weighted by atomic mass is 16.5. The largest absolute Gasteiger partial charge is 0.493 e. The Morgan fingerprint density at radius 2 is 1.62 bits per heavy atom. The van der Waals surface area contributed by atoms with E-state index in [9.17, 15) is 4.79 Å². The van der Waals surface area contributed by atoms with Crippen LogP contribution in [0.4, 0.5) is 0 Å². The summed E-state index contributed by atoms with van der Waals surface area (Å²) < 4.78 is 16.0. The molecule has 6 heteroatoms. The van der Waals surface area contributed by atoms with Crippen molar-refractivity contribution >= 4 is 5.91 Å². The van der Waals surface area contributed by atoms with Crippen LogP contribution in [-0.2, 0) is 11.2 Å². The molecule has 140 valence electrons. The van der Waals surface area contributed by atoms with Crippen LogP contribution in [0.3, 0.4) is 0 Å². The zero-order chi connectivity index (χ0) is 19.1. The maximum Gasteiger partial charge on any atom is 0.237 e. The lowest BCUT2D eigenvalue weighted by Crippen LogP contribution is -2.42. The van der Waals surface area contributed by atoms with Crippen LogP contribution in [0.1, 0.15) is 24.1 Å². The number of nitrogens with one attached hydrogen (secondary N) is 1. The van der Waals surface area contributed by atoms with Gasteiger partial charge in [-0.1, -0.05) is 30.3 Å². The second-order valence-electron chi connectivity index (χ2n) is 5.99. The van der Waals surface area contributed by atoms with E-state index in [1.807, 2.05) is 49.4 Å². The van der Waals surface area contributed by atoms with Crippen molar-refractivity contribution < 1.29 is 19.0 Å². The summed E-state index contributed by atoms with van der Waals surface area (Å²) in [6.45, 7) is 1.88. The molecule has 26 heavy (non-hydrogen) atoms. The Labute approximate surface area is 154 Å². The van der Waals surface area contributed by atoms with Crippen molar-refractivity contribution in [2.24, 2.45) is 5.73 Å². The SMILES string of the molecule is COc1cc(C(C)NC(=O)[C@@H](N)Cc2ccccc2)cc(OC)c1OC. The maximum atomic E-state index is 12.4. The van der Waals surface area contributed by atoms with Crippen LogP contribution >= 0.6 is 0 Å². The molecule has 0 saturated heterocycles. The van der Waals surface area contributed by atoms with E-state index >= 15 is 0 Å². The van der Waals surface area contributed by atoms with Gasteiger partial charge in [0.25, 0.3) is 0 Å². The molecule has 0 saturated carbocycles. The summed E-state index contributed by atoms with van der Waals surface area (Å²) in [7, 11) is 4.66. The number of methoxy groups -OCH3 is 3. The number of rotatable bonds is 8. The molecule has 2 atom stereocenters. The predicted molar refractivity (Wildman–Crippen MR) is 101 cm³/mol. The molecule has 0 aliphatic rings. The molecule has 0 bridgehead atoms. The van der Waals surface area contributed by atoms with E-state index in [4.69, 9.17) is 19.9 Å². The van der Waals surface area contributed by atoms with E-state index in [1.54, 1.807) is 21.3 Å². The van der Waals surface area contributed by atoms with Gasteiger partial charge in [0.05, 0.1) is 33.4 Å². The number of benzene rings is 2. The standard InChI is InChI=1S/C20H26N2O4/c1-13(15-11-17(24-2)19(26-4)18(12-15)25-3)22-20(23)16(21)10-14-8-6-5-7-9-14/h5-9,11-13,16H,10,21H2,1-4H3,(H,22,23)/t13?,16-/m0/s1. The topological polar surface area (TPSA) is 82.8 Å². The third-order valence-corrected chi connectivity index (χ3v) is 4.18. The van der Waals surface area contributed by atoms with Gasteiger partial charge in [-0.25, -0.2) is 0 Å². The molecule has 1 amide bonds. The molecule has 0 fully saturated rings. The van der Waals surface area contributed by atoms with Gasteiger partial charge in [0.1, 0.15) is 0 Å². The van der Waals surface area contributed by atoms with Crippen molar-refractivity contribution in [3.8, 4) is 17.2 Å². The van der Waals surface area contributed by atoms with Crippen molar-refractivity contribution in [3.63, 3.8) is 0 Å². The molecule has 0 radical (unpaired) electrons. The van der Waals surface area contributed by atoms with Gasteiger partial charge in [-0.2, -0.15) is 0 Å². The maximum absolute atomic E-state index is 12.4. The summed E-state index contributed by atoms with van der Waals surface area (Å²) in [6.07, 6.45) is 0.481. The normalized spacial score (nSPS) is 12.8. The Hall–Kier alpha value is -2.73. The van der Waals surface area contributed by atoms with Crippen molar-refractivity contribution in [2.45, 2.75) is 25.4 Å². The van der Waals surface area contributed by atoms with Gasteiger partial charge in [0.2, 0.25) is 11.7 Å². The lowest BCUT2D eigenvalue weighted by atomic mass is 10.0. The minimum Gasteiger partial charge on any atom is -0.493 e. The number of ether oxygens (including phenoxy) is 3. The van der Waals surface area contributed by atoms with Crippen molar-refractivity contribution in [1.29, 1.82) is 0 Å². The first kappa shape index (κ1) is 19.6. The van der Waals surface area contributed by atoms with Gasteiger partial charge in [0, 0.05) is 0 Å². The lowest BCUT2D eigenvalue weighted by Gasteiger charge is -2.20. The van der Waals surface area contributed by atoms with Crippen LogP contribution in [0.2, 0.25) is 0 Å². The Bertz CT molecular complexity index is 709. The molecular weight excluding hydrogens is 332 g/mol. The Kier molecular flexibility index (Phi) is 6.86. The van der Waals surface area contributed by atoms with Gasteiger partial charge in [-0.15, -0.1) is 0 Å². The molecule has 0 aliphatic carbocycles. The van der Waals surface area contributed by atoms with E-state index < -0.39 is 6.04 Å². The number of hydrogen-bond acceptors (Lipinski definition) is 5. The summed E-state index contributed by atoms with van der Waals surface area (Å²) >= 11 is 0. The first-order valence-electron chi connectivity index (χ1n) is 8.40. The summed E-state index contributed by atoms with van der Waals surface area (Å²) in [6, 6.07) is 12.4. The minimum atomic E-state index is -0.623. The smallest absolute Gasteiger partial charge is 0.237 e. The highest BCUT2D eigenvalue weighted by Crippen LogP contribution is 2.39. The number of hydrogen-bond donors (Lipinski definition) is 2. The molecule has 0 aliphatic heterocycles. The quantitative estimate of drug-likeness (QED) is 0.757. The first-order valence-corrected chi connectivity index (χ1v) is 8.40. The van der Waals surface area contributed by atoms with Crippen LogP contribution in [0.5, 0.6) is 17.2 Å². The Morgan fingerprint density at radius 3 is 2.12 bits per heavy atom. The summed E-state index contributed by atoms with van der Waals surface area (Å²) in [5, 5.41) is 2.94. The Morgan fingerprint density at radius 1 is 1.04 bits per heavy atom. The minimum absolute atomic E-state index is 0.213. The van der Waals surface area contributed by atoms with E-state index in [0.717, 1.165) is 11.1 Å². The van der Waals surface area contributed by atoms with Crippen LogP contribution in [0.25, 0.3) is 0 Å². The molecule has 2 aromatic rings. The van der Waals surface area contributed by atoms with Crippen molar-refractivity contribution in [3.05, 3.63) is 53.6 Å². The van der Waals surface area contributed by atoms with E-state index in [0.29, 0.717) is 23.7 Å². The number of carbonyl (C=O) groups is 1. The van der Waals surface area contributed by atoms with Crippen LogP contribution in [0, 0.1) is 0 Å². The molecule has 6 nitrogen and oxygen atoms in total. The fourth-order valence-electron chi connectivity index (χ4n) is 2.72. The molecule has 2 aromatic carbocycles. The van der Waals surface area contributed by atoms with Crippen molar-refractivity contribution in [2.75, 3.05) is 21.3 Å². The van der Waals surface area contributed by atoms with Gasteiger partial charge in [0.15, 0.2) is 11.5 Å². The van der Waals surface area contributed by atoms with E-state index in [1.165, 1.54) is 0 Å². The number of nitrogens with two attached hydrogens (primary N) is 1. The third kappa shape index (κ3) is 4.67. The molecule has 3 N–H and O–H groups in total. The second kappa shape index (κ2) is 9.10. The van der Waals surface area contributed by atoms with Gasteiger partial charge >= 0.3 is 0 Å². The molecular formula is C20H26N2O4. The summed E-state index contributed by atoms with van der Waals surface area (Å²) in [5.74, 6) is 1.38. The molecule has 0 heterocycles. The monoisotopic (exact) mass is 358 g/mol. The molecule has 1 unspecified atom stereocenters. The fourth-order valence-corrected chi connectivity index (χ4v) is 2.72. The van der Waals surface area contributed by atoms with E-state index in [2.05, 4.69) is 5.32 Å². The lowest BCUT2D eigenvalue weighted by molar-refractivity contribution is -0.123. The second-order valence-corrected chi connectivity index (χ2v) is 5.99. The average Bonchev–Trinajstić information content (AvgIpc) is 2.67. The summed E-state index contributed by atoms with van der Waals surface area (Å²) in [5.41, 5.74) is 7.91. The van der Waals surface area contributed by atoms with Crippen LogP contribution in [0.15, 0.2) is 42.5 Å².